The highest BCUT2D eigenvalue weighted by molar-refractivity contribution is 7.91. The molecule has 5 nitrogen and oxygen atoms in total. The zero-order chi connectivity index (χ0) is 20.4. The van der Waals surface area contributed by atoms with Crippen molar-refractivity contribution in [3.05, 3.63) is 70.6 Å². The Morgan fingerprint density at radius 2 is 1.90 bits per heavy atom. The zero-order valence-corrected chi connectivity index (χ0v) is 17.6. The van der Waals surface area contributed by atoms with Crippen molar-refractivity contribution in [2.24, 2.45) is 0 Å². The van der Waals surface area contributed by atoms with Crippen LogP contribution in [0.5, 0.6) is 5.75 Å². The quantitative estimate of drug-likeness (QED) is 0.644. The molecular formula is C22H21NO4S2. The first-order valence-corrected chi connectivity index (χ1v) is 11.9. The Kier molecular flexibility index (Phi) is 5.43. The number of ether oxygens (including phenoxy) is 1. The molecule has 0 fully saturated rings. The molecule has 0 radical (unpaired) electrons. The summed E-state index contributed by atoms with van der Waals surface area (Å²) in [6.07, 6.45) is 0.709. The van der Waals surface area contributed by atoms with Crippen LogP contribution in [0, 0.1) is 0 Å². The van der Waals surface area contributed by atoms with Gasteiger partial charge in [-0.05, 0) is 48.7 Å². The predicted molar refractivity (Wildman–Crippen MR) is 114 cm³/mol. The van der Waals surface area contributed by atoms with Gasteiger partial charge in [-0.25, -0.2) is 8.42 Å². The number of carbonyl (C=O) groups excluding carboxylic acids is 1. The number of thiophene rings is 1. The smallest absolute Gasteiger partial charge is 0.261 e. The number of nitrogens with one attached hydrogen (secondary N) is 1. The molecule has 150 valence electrons. The maximum Gasteiger partial charge on any atom is 0.261 e. The van der Waals surface area contributed by atoms with Crippen molar-refractivity contribution in [2.45, 2.75) is 24.0 Å². The molecular weight excluding hydrogens is 406 g/mol. The normalized spacial score (nSPS) is 14.0. The third kappa shape index (κ3) is 4.06. The summed E-state index contributed by atoms with van der Waals surface area (Å²) in [4.78, 5) is 14.3. The van der Waals surface area contributed by atoms with E-state index in [1.807, 2.05) is 37.3 Å². The van der Waals surface area contributed by atoms with E-state index in [0.717, 1.165) is 16.2 Å². The van der Waals surface area contributed by atoms with Gasteiger partial charge in [-0.2, -0.15) is 0 Å². The van der Waals surface area contributed by atoms with Gasteiger partial charge < -0.3 is 10.1 Å². The van der Waals surface area contributed by atoms with Crippen LogP contribution in [0.3, 0.4) is 0 Å². The number of sulfone groups is 1. The summed E-state index contributed by atoms with van der Waals surface area (Å²) in [7, 11) is -3.36. The summed E-state index contributed by atoms with van der Waals surface area (Å²) in [5.41, 5.74) is 2.50. The molecule has 0 atom stereocenters. The van der Waals surface area contributed by atoms with Crippen LogP contribution in [0.2, 0.25) is 0 Å². The highest BCUT2D eigenvalue weighted by atomic mass is 32.2. The summed E-state index contributed by atoms with van der Waals surface area (Å²) < 4.78 is 30.4. The Morgan fingerprint density at radius 1 is 1.14 bits per heavy atom. The number of carbonyl (C=O) groups is 1. The maximum atomic E-state index is 12.6. The van der Waals surface area contributed by atoms with Gasteiger partial charge in [0.1, 0.15) is 5.75 Å². The highest BCUT2D eigenvalue weighted by Crippen LogP contribution is 2.42. The minimum absolute atomic E-state index is 0.0602. The van der Waals surface area contributed by atoms with Crippen LogP contribution >= 0.6 is 11.3 Å². The summed E-state index contributed by atoms with van der Waals surface area (Å²) in [6.45, 7) is 3.08. The average Bonchev–Trinajstić information content (AvgIpc) is 3.13. The fourth-order valence-corrected chi connectivity index (χ4v) is 6.29. The second-order valence-corrected chi connectivity index (χ2v) is 9.81. The van der Waals surface area contributed by atoms with E-state index >= 15 is 0 Å². The van der Waals surface area contributed by atoms with E-state index in [1.54, 1.807) is 24.3 Å². The monoisotopic (exact) mass is 427 g/mol. The lowest BCUT2D eigenvalue weighted by Gasteiger charge is -2.15. The average molecular weight is 428 g/mol. The van der Waals surface area contributed by atoms with E-state index in [1.165, 1.54) is 11.3 Å². The fourth-order valence-electron chi connectivity index (χ4n) is 3.41. The Balaban J connectivity index is 1.44. The van der Waals surface area contributed by atoms with Crippen LogP contribution < -0.4 is 10.1 Å². The van der Waals surface area contributed by atoms with Crippen molar-refractivity contribution in [1.29, 1.82) is 0 Å². The van der Waals surface area contributed by atoms with Gasteiger partial charge in [0.15, 0.2) is 9.84 Å². The molecule has 4 rings (SSSR count). The predicted octanol–water partition coefficient (Wildman–Crippen LogP) is 4.07. The number of benzene rings is 2. The molecule has 0 aliphatic carbocycles. The number of hydrogen-bond donors (Lipinski definition) is 1. The topological polar surface area (TPSA) is 72.5 Å². The molecule has 1 aromatic heterocycles. The lowest BCUT2D eigenvalue weighted by molar-refractivity contribution is 0.0958. The first-order chi connectivity index (χ1) is 14.0. The standard InChI is InChI=1S/C22H21NO4S2/c1-2-27-17-9-7-15(8-10-17)11-12-23-22(24)19-13-16-14-29(25,26)20-6-4-3-5-18(20)21(16)28-19/h3-10,13H,2,11-12,14H2,1H3,(H,23,24). The maximum absolute atomic E-state index is 12.6. The Hall–Kier alpha value is -2.64. The van der Waals surface area contributed by atoms with E-state index in [4.69, 9.17) is 4.74 Å². The Morgan fingerprint density at radius 3 is 2.66 bits per heavy atom. The van der Waals surface area contributed by atoms with Gasteiger partial charge in [-0.15, -0.1) is 11.3 Å². The van der Waals surface area contributed by atoms with Gasteiger partial charge in [0.2, 0.25) is 0 Å². The van der Waals surface area contributed by atoms with Crippen LogP contribution in [0.15, 0.2) is 59.5 Å². The number of amides is 1. The third-order valence-corrected chi connectivity index (χ3v) is 7.71. The van der Waals surface area contributed by atoms with Crippen molar-refractivity contribution in [3.63, 3.8) is 0 Å². The molecule has 1 N–H and O–H groups in total. The summed E-state index contributed by atoms with van der Waals surface area (Å²) in [6, 6.07) is 16.5. The molecule has 0 saturated carbocycles. The Bertz CT molecular complexity index is 1150. The number of fused-ring (bicyclic) bond motifs is 3. The second-order valence-electron chi connectivity index (χ2n) is 6.80. The molecule has 2 heterocycles. The van der Waals surface area contributed by atoms with Crippen molar-refractivity contribution < 1.29 is 17.9 Å². The summed E-state index contributed by atoms with van der Waals surface area (Å²) in [5, 5.41) is 2.93. The summed E-state index contributed by atoms with van der Waals surface area (Å²) in [5.74, 6) is 0.597. The zero-order valence-electron chi connectivity index (χ0n) is 16.0. The summed E-state index contributed by atoms with van der Waals surface area (Å²) >= 11 is 1.35. The van der Waals surface area contributed by atoms with Crippen LogP contribution in [-0.4, -0.2) is 27.5 Å². The lowest BCUT2D eigenvalue weighted by atomic mass is 10.1. The van der Waals surface area contributed by atoms with Crippen LogP contribution in [-0.2, 0) is 22.0 Å². The largest absolute Gasteiger partial charge is 0.494 e. The van der Waals surface area contributed by atoms with Crippen molar-refractivity contribution in [3.8, 4) is 16.2 Å². The van der Waals surface area contributed by atoms with Gasteiger partial charge in [0.25, 0.3) is 5.91 Å². The lowest BCUT2D eigenvalue weighted by Crippen LogP contribution is -2.24. The van der Waals surface area contributed by atoms with Crippen LogP contribution in [0.1, 0.15) is 27.7 Å². The second kappa shape index (κ2) is 8.00. The molecule has 1 amide bonds. The highest BCUT2D eigenvalue weighted by Gasteiger charge is 2.30. The molecule has 3 aromatic rings. The van der Waals surface area contributed by atoms with Gasteiger partial charge >= 0.3 is 0 Å². The van der Waals surface area contributed by atoms with Gasteiger partial charge in [0, 0.05) is 17.0 Å². The molecule has 0 spiro atoms. The molecule has 0 unspecified atom stereocenters. The minimum atomic E-state index is -3.36. The van der Waals surface area contributed by atoms with E-state index < -0.39 is 9.84 Å². The van der Waals surface area contributed by atoms with Gasteiger partial charge in [-0.3, -0.25) is 4.79 Å². The first-order valence-electron chi connectivity index (χ1n) is 9.43. The van der Waals surface area contributed by atoms with E-state index in [-0.39, 0.29) is 11.7 Å². The fraction of sp³-hybridized carbons (Fsp3) is 0.227. The van der Waals surface area contributed by atoms with E-state index in [2.05, 4.69) is 5.32 Å². The molecule has 0 saturated heterocycles. The minimum Gasteiger partial charge on any atom is -0.494 e. The molecule has 2 aromatic carbocycles. The number of hydrogen-bond acceptors (Lipinski definition) is 5. The third-order valence-electron chi connectivity index (χ3n) is 4.78. The van der Waals surface area contributed by atoms with Crippen molar-refractivity contribution in [2.75, 3.05) is 13.2 Å². The van der Waals surface area contributed by atoms with Gasteiger partial charge in [0.05, 0.1) is 22.1 Å². The van der Waals surface area contributed by atoms with Crippen molar-refractivity contribution in [1.82, 2.24) is 5.32 Å². The van der Waals surface area contributed by atoms with Gasteiger partial charge in [-0.1, -0.05) is 30.3 Å². The van der Waals surface area contributed by atoms with Crippen LogP contribution in [0.25, 0.3) is 10.4 Å². The van der Waals surface area contributed by atoms with Crippen molar-refractivity contribution >= 4 is 27.1 Å². The molecule has 1 aliphatic rings. The molecule has 1 aliphatic heterocycles. The Labute approximate surface area is 174 Å². The van der Waals surface area contributed by atoms with E-state index in [0.29, 0.717) is 40.5 Å². The molecule has 7 heteroatoms. The molecule has 0 bridgehead atoms. The first kappa shape index (κ1) is 19.7. The molecule has 29 heavy (non-hydrogen) atoms. The van der Waals surface area contributed by atoms with E-state index in [9.17, 15) is 13.2 Å². The SMILES string of the molecule is CCOc1ccc(CCNC(=O)c2cc3c(s2)-c2ccccc2S(=O)(=O)C3)cc1. The number of rotatable bonds is 6. The van der Waals surface area contributed by atoms with Crippen LogP contribution in [0.4, 0.5) is 0 Å².